The van der Waals surface area contributed by atoms with E-state index >= 15 is 0 Å². The van der Waals surface area contributed by atoms with Crippen LogP contribution in [-0.4, -0.2) is 35.4 Å². The highest BCUT2D eigenvalue weighted by atomic mass is 16.5. The van der Waals surface area contributed by atoms with Crippen molar-refractivity contribution in [3.8, 4) is 11.3 Å². The number of carbonyl (C=O) groups excluding carboxylic acids is 3. The number of nitrogens with one attached hydrogen (secondary N) is 1. The maximum absolute atomic E-state index is 13.0. The van der Waals surface area contributed by atoms with Crippen molar-refractivity contribution < 1.29 is 19.1 Å². The Hall–Kier alpha value is -3.41. The minimum Gasteiger partial charge on any atom is -0.457 e. The number of rotatable bonds is 7. The Morgan fingerprint density at radius 1 is 1.00 bits per heavy atom. The van der Waals surface area contributed by atoms with E-state index in [-0.39, 0.29) is 31.3 Å². The predicted molar refractivity (Wildman–Crippen MR) is 107 cm³/mol. The fourth-order valence-electron chi connectivity index (χ4n) is 3.24. The normalized spacial score (nSPS) is 10.6. The predicted octanol–water partition coefficient (Wildman–Crippen LogP) is 3.10. The topological polar surface area (TPSA) is 77.4 Å². The van der Waals surface area contributed by atoms with Gasteiger partial charge in [0.2, 0.25) is 11.7 Å². The van der Waals surface area contributed by atoms with Crippen LogP contribution in [0.5, 0.6) is 0 Å². The second-order valence-corrected chi connectivity index (χ2v) is 6.48. The molecule has 0 radical (unpaired) electrons. The lowest BCUT2D eigenvalue weighted by atomic mass is 10.0. The summed E-state index contributed by atoms with van der Waals surface area (Å²) < 4.78 is 7.12. The molecule has 1 aromatic heterocycles. The van der Waals surface area contributed by atoms with E-state index < -0.39 is 5.97 Å². The standard InChI is InChI=1S/C22H22N2O4/c1-15(25)23-13-12-20(27)28-14-19(26)21-17-10-6-7-11-18(17)24(2)22(21)16-8-4-3-5-9-16/h3-11H,12-14H2,1-2H3,(H,23,25). The van der Waals surface area contributed by atoms with Crippen LogP contribution >= 0.6 is 0 Å². The third kappa shape index (κ3) is 4.11. The molecule has 1 amide bonds. The van der Waals surface area contributed by atoms with E-state index in [0.29, 0.717) is 5.56 Å². The molecule has 144 valence electrons. The van der Waals surface area contributed by atoms with Crippen LogP contribution in [0.1, 0.15) is 23.7 Å². The molecule has 1 heterocycles. The molecule has 0 bridgehead atoms. The van der Waals surface area contributed by atoms with E-state index in [9.17, 15) is 14.4 Å². The van der Waals surface area contributed by atoms with Crippen LogP contribution in [0.15, 0.2) is 54.6 Å². The Morgan fingerprint density at radius 3 is 2.39 bits per heavy atom. The monoisotopic (exact) mass is 378 g/mol. The first-order chi connectivity index (χ1) is 13.5. The molecule has 0 aliphatic heterocycles. The number of ether oxygens (including phenoxy) is 1. The number of nitrogens with zero attached hydrogens (tertiary/aromatic N) is 1. The first-order valence-corrected chi connectivity index (χ1v) is 9.05. The van der Waals surface area contributed by atoms with E-state index in [4.69, 9.17) is 4.74 Å². The molecule has 6 nitrogen and oxygen atoms in total. The molecule has 0 fully saturated rings. The quantitative estimate of drug-likeness (QED) is 0.506. The lowest BCUT2D eigenvalue weighted by Gasteiger charge is -2.09. The zero-order valence-corrected chi connectivity index (χ0v) is 15.9. The molecule has 28 heavy (non-hydrogen) atoms. The van der Waals surface area contributed by atoms with Gasteiger partial charge >= 0.3 is 5.97 Å². The van der Waals surface area contributed by atoms with Gasteiger partial charge in [-0.1, -0.05) is 48.5 Å². The van der Waals surface area contributed by atoms with Gasteiger partial charge in [0.15, 0.2) is 6.61 Å². The summed E-state index contributed by atoms with van der Waals surface area (Å²) in [5.41, 5.74) is 3.18. The number of ketones is 1. The van der Waals surface area contributed by atoms with Crippen LogP contribution in [0.2, 0.25) is 0 Å². The smallest absolute Gasteiger partial charge is 0.308 e. The summed E-state index contributed by atoms with van der Waals surface area (Å²) in [6.07, 6.45) is 0.0218. The first-order valence-electron chi connectivity index (χ1n) is 9.05. The highest BCUT2D eigenvalue weighted by Crippen LogP contribution is 2.33. The Morgan fingerprint density at radius 2 is 1.68 bits per heavy atom. The summed E-state index contributed by atoms with van der Waals surface area (Å²) >= 11 is 0. The van der Waals surface area contributed by atoms with Crippen molar-refractivity contribution >= 4 is 28.6 Å². The summed E-state index contributed by atoms with van der Waals surface area (Å²) in [7, 11) is 1.92. The number of carbonyl (C=O) groups is 3. The summed E-state index contributed by atoms with van der Waals surface area (Å²) in [4.78, 5) is 35.7. The fourth-order valence-corrected chi connectivity index (χ4v) is 3.24. The molecule has 2 aromatic carbocycles. The maximum atomic E-state index is 13.0. The molecule has 3 rings (SSSR count). The minimum atomic E-state index is -0.524. The van der Waals surface area contributed by atoms with E-state index in [1.54, 1.807) is 0 Å². The molecule has 1 N–H and O–H groups in total. The number of aryl methyl sites for hydroxylation is 1. The van der Waals surface area contributed by atoms with Crippen molar-refractivity contribution in [3.63, 3.8) is 0 Å². The van der Waals surface area contributed by atoms with Gasteiger partial charge in [-0.05, 0) is 11.6 Å². The molecule has 0 spiro atoms. The molecule has 0 saturated heterocycles. The molecule has 3 aromatic rings. The van der Waals surface area contributed by atoms with Gasteiger partial charge in [-0.15, -0.1) is 0 Å². The summed E-state index contributed by atoms with van der Waals surface area (Å²) in [6.45, 7) is 1.22. The van der Waals surface area contributed by atoms with Gasteiger partial charge in [0, 0.05) is 31.4 Å². The van der Waals surface area contributed by atoms with Crippen molar-refractivity contribution in [1.82, 2.24) is 9.88 Å². The number of aromatic nitrogens is 1. The second-order valence-electron chi connectivity index (χ2n) is 6.48. The second kappa shape index (κ2) is 8.52. The largest absolute Gasteiger partial charge is 0.457 e. The zero-order chi connectivity index (χ0) is 20.1. The van der Waals surface area contributed by atoms with Crippen LogP contribution in [0, 0.1) is 0 Å². The number of para-hydroxylation sites is 1. The Kier molecular flexibility index (Phi) is 5.89. The van der Waals surface area contributed by atoms with Crippen molar-refractivity contribution in [1.29, 1.82) is 0 Å². The number of Topliss-reactive ketones (excluding diaryl/α,β-unsaturated/α-hetero) is 1. The van der Waals surface area contributed by atoms with Crippen LogP contribution in [0.4, 0.5) is 0 Å². The third-order valence-electron chi connectivity index (χ3n) is 4.50. The van der Waals surface area contributed by atoms with Crippen molar-refractivity contribution in [2.45, 2.75) is 13.3 Å². The highest BCUT2D eigenvalue weighted by Gasteiger charge is 2.22. The van der Waals surface area contributed by atoms with Crippen LogP contribution in [0.3, 0.4) is 0 Å². The van der Waals surface area contributed by atoms with Gasteiger partial charge in [0.1, 0.15) is 0 Å². The summed E-state index contributed by atoms with van der Waals surface area (Å²) in [5.74, 6) is -1.00. The number of benzene rings is 2. The molecule has 0 aliphatic carbocycles. The number of fused-ring (bicyclic) bond motifs is 1. The average molecular weight is 378 g/mol. The van der Waals surface area contributed by atoms with Crippen molar-refractivity contribution in [3.05, 3.63) is 60.2 Å². The van der Waals surface area contributed by atoms with Gasteiger partial charge < -0.3 is 14.6 Å². The molecular formula is C22H22N2O4. The van der Waals surface area contributed by atoms with Gasteiger partial charge in [-0.3, -0.25) is 14.4 Å². The molecule has 6 heteroatoms. The molecule has 0 unspecified atom stereocenters. The lowest BCUT2D eigenvalue weighted by Crippen LogP contribution is -2.24. The Balaban J connectivity index is 1.86. The number of hydrogen-bond acceptors (Lipinski definition) is 4. The molecule has 0 saturated carbocycles. The zero-order valence-electron chi connectivity index (χ0n) is 15.9. The van der Waals surface area contributed by atoms with Gasteiger partial charge in [0.25, 0.3) is 0 Å². The van der Waals surface area contributed by atoms with Crippen molar-refractivity contribution in [2.75, 3.05) is 13.2 Å². The molecular weight excluding hydrogens is 356 g/mol. The van der Waals surface area contributed by atoms with E-state index in [0.717, 1.165) is 22.2 Å². The lowest BCUT2D eigenvalue weighted by molar-refractivity contribution is -0.142. The van der Waals surface area contributed by atoms with Gasteiger partial charge in [-0.25, -0.2) is 0 Å². The number of esters is 1. The molecule has 0 aliphatic rings. The van der Waals surface area contributed by atoms with Crippen molar-refractivity contribution in [2.24, 2.45) is 7.05 Å². The number of hydrogen-bond donors (Lipinski definition) is 1. The van der Waals surface area contributed by atoms with E-state index in [2.05, 4.69) is 5.32 Å². The minimum absolute atomic E-state index is 0.0218. The highest BCUT2D eigenvalue weighted by molar-refractivity contribution is 6.14. The Bertz CT molecular complexity index is 1020. The summed E-state index contributed by atoms with van der Waals surface area (Å²) in [6, 6.07) is 17.3. The first kappa shape index (κ1) is 19.4. The Labute approximate surface area is 163 Å². The fraction of sp³-hybridized carbons (Fsp3) is 0.227. The van der Waals surface area contributed by atoms with Crippen LogP contribution < -0.4 is 5.32 Å². The summed E-state index contributed by atoms with van der Waals surface area (Å²) in [5, 5.41) is 3.35. The van der Waals surface area contributed by atoms with Gasteiger partial charge in [0.05, 0.1) is 17.7 Å². The van der Waals surface area contributed by atoms with E-state index in [1.165, 1.54) is 6.92 Å². The number of amides is 1. The maximum Gasteiger partial charge on any atom is 0.308 e. The average Bonchev–Trinajstić information content (AvgIpc) is 2.99. The van der Waals surface area contributed by atoms with E-state index in [1.807, 2.05) is 66.2 Å². The SMILES string of the molecule is CC(=O)NCCC(=O)OCC(=O)c1c(-c2ccccc2)n(C)c2ccccc12. The molecule has 0 atom stereocenters. The van der Waals surface area contributed by atoms with Crippen LogP contribution in [0.25, 0.3) is 22.2 Å². The van der Waals surface area contributed by atoms with Crippen LogP contribution in [-0.2, 0) is 21.4 Å². The third-order valence-corrected chi connectivity index (χ3v) is 4.50. The van der Waals surface area contributed by atoms with Gasteiger partial charge in [-0.2, -0.15) is 0 Å².